The number of nitrogens with zero attached hydrogens (tertiary/aromatic N) is 5. The number of methoxy groups -OCH3 is 2. The highest BCUT2D eigenvalue weighted by molar-refractivity contribution is 5.95. The third-order valence-corrected chi connectivity index (χ3v) is 6.32. The highest BCUT2D eigenvalue weighted by Gasteiger charge is 2.33. The van der Waals surface area contributed by atoms with Crippen LogP contribution in [0.3, 0.4) is 0 Å². The molecule has 1 amide bonds. The number of hydrogen-bond acceptors (Lipinski definition) is 7. The molecule has 2 N–H and O–H groups in total. The second kappa shape index (κ2) is 8.71. The quantitative estimate of drug-likeness (QED) is 0.462. The van der Waals surface area contributed by atoms with Crippen LogP contribution >= 0.6 is 0 Å². The first-order valence-electron chi connectivity index (χ1n) is 11.2. The molecule has 3 aromatic rings. The van der Waals surface area contributed by atoms with Crippen molar-refractivity contribution in [3.05, 3.63) is 47.8 Å². The number of likely N-dealkylation sites (tertiary alicyclic amines) is 1. The molecule has 0 aromatic carbocycles. The topological polar surface area (TPSA) is 108 Å². The summed E-state index contributed by atoms with van der Waals surface area (Å²) in [5.74, 6) is 7.94. The Balaban J connectivity index is 1.62. The summed E-state index contributed by atoms with van der Waals surface area (Å²) in [5.41, 5.74) is 9.72. The van der Waals surface area contributed by atoms with Gasteiger partial charge >= 0.3 is 0 Å². The van der Waals surface area contributed by atoms with Crippen molar-refractivity contribution in [3.63, 3.8) is 0 Å². The molecule has 3 aromatic heterocycles. The maximum absolute atomic E-state index is 12.2. The minimum Gasteiger partial charge on any atom is -0.481 e. The van der Waals surface area contributed by atoms with Crippen LogP contribution in [0.1, 0.15) is 48.0 Å². The summed E-state index contributed by atoms with van der Waals surface area (Å²) >= 11 is 0. The Kier molecular flexibility index (Phi) is 5.57. The lowest BCUT2D eigenvalue weighted by molar-refractivity contribution is -0.125. The van der Waals surface area contributed by atoms with Gasteiger partial charge in [0.05, 0.1) is 31.2 Å². The molecule has 1 aliphatic heterocycles. The Labute approximate surface area is 197 Å². The summed E-state index contributed by atoms with van der Waals surface area (Å²) < 4.78 is 12.5. The van der Waals surface area contributed by atoms with E-state index in [1.807, 2.05) is 10.9 Å². The number of rotatable bonds is 5. The summed E-state index contributed by atoms with van der Waals surface area (Å²) in [7, 11) is 3.09. The Morgan fingerprint density at radius 2 is 1.94 bits per heavy atom. The van der Waals surface area contributed by atoms with Gasteiger partial charge in [0.25, 0.3) is 0 Å². The van der Waals surface area contributed by atoms with Gasteiger partial charge in [0.1, 0.15) is 11.5 Å². The molecule has 0 radical (unpaired) electrons. The molecule has 34 heavy (non-hydrogen) atoms. The zero-order chi connectivity index (χ0) is 23.8. The molecule has 174 valence electrons. The van der Waals surface area contributed by atoms with Gasteiger partial charge in [-0.3, -0.25) is 9.48 Å². The van der Waals surface area contributed by atoms with Crippen LogP contribution in [0.5, 0.6) is 11.8 Å². The third kappa shape index (κ3) is 3.92. The van der Waals surface area contributed by atoms with E-state index in [2.05, 4.69) is 28.4 Å². The van der Waals surface area contributed by atoms with Crippen molar-refractivity contribution in [2.24, 2.45) is 0 Å². The van der Waals surface area contributed by atoms with Gasteiger partial charge < -0.3 is 20.1 Å². The van der Waals surface area contributed by atoms with Gasteiger partial charge in [-0.15, -0.1) is 0 Å². The molecule has 1 aliphatic carbocycles. The van der Waals surface area contributed by atoms with Crippen molar-refractivity contribution in [1.82, 2.24) is 24.6 Å². The van der Waals surface area contributed by atoms with Crippen LogP contribution in [0.25, 0.3) is 10.9 Å². The van der Waals surface area contributed by atoms with Crippen LogP contribution in [-0.4, -0.2) is 57.9 Å². The number of ether oxygens (including phenoxy) is 2. The number of anilines is 1. The SMILES string of the molecule is C=CC(=O)N1CCC(n2nc(C#Cc3cc(OC)nc(OC)c3)c3c(N)ncc(C4CC4)c32)C1. The van der Waals surface area contributed by atoms with E-state index >= 15 is 0 Å². The second-order valence-electron chi connectivity index (χ2n) is 8.51. The van der Waals surface area contributed by atoms with Gasteiger partial charge in [0.2, 0.25) is 17.7 Å². The number of hydrogen-bond donors (Lipinski definition) is 1. The molecular weight excluding hydrogens is 432 g/mol. The van der Waals surface area contributed by atoms with Gasteiger partial charge in [0, 0.05) is 37.0 Å². The third-order valence-electron chi connectivity index (χ3n) is 6.32. The summed E-state index contributed by atoms with van der Waals surface area (Å²) in [6, 6.07) is 3.51. The summed E-state index contributed by atoms with van der Waals surface area (Å²) in [6.07, 6.45) is 6.26. The fourth-order valence-electron chi connectivity index (χ4n) is 4.43. The van der Waals surface area contributed by atoms with Crippen LogP contribution in [0.2, 0.25) is 0 Å². The van der Waals surface area contributed by atoms with Crippen LogP contribution in [0.15, 0.2) is 31.0 Å². The Hall–Kier alpha value is -4.06. The zero-order valence-corrected chi connectivity index (χ0v) is 19.2. The molecule has 0 spiro atoms. The maximum atomic E-state index is 12.2. The first-order chi connectivity index (χ1) is 16.5. The molecule has 1 saturated carbocycles. The highest BCUT2D eigenvalue weighted by atomic mass is 16.5. The van der Waals surface area contributed by atoms with E-state index in [4.69, 9.17) is 20.3 Å². The largest absolute Gasteiger partial charge is 0.481 e. The molecule has 1 unspecified atom stereocenters. The van der Waals surface area contributed by atoms with E-state index < -0.39 is 0 Å². The normalized spacial score (nSPS) is 17.4. The lowest BCUT2D eigenvalue weighted by atomic mass is 10.1. The predicted octanol–water partition coefficient (Wildman–Crippen LogP) is 2.66. The van der Waals surface area contributed by atoms with Crippen molar-refractivity contribution < 1.29 is 14.3 Å². The van der Waals surface area contributed by atoms with Crippen LogP contribution < -0.4 is 15.2 Å². The predicted molar refractivity (Wildman–Crippen MR) is 128 cm³/mol. The van der Waals surface area contributed by atoms with Gasteiger partial charge in [-0.1, -0.05) is 12.5 Å². The zero-order valence-electron chi connectivity index (χ0n) is 19.2. The fourth-order valence-corrected chi connectivity index (χ4v) is 4.43. The molecule has 0 bridgehead atoms. The molecule has 2 aliphatic rings. The van der Waals surface area contributed by atoms with Crippen LogP contribution in [0.4, 0.5) is 5.82 Å². The number of amides is 1. The number of nitrogen functional groups attached to an aromatic ring is 1. The molecule has 5 rings (SSSR count). The summed E-state index contributed by atoms with van der Waals surface area (Å²) in [6.45, 7) is 4.84. The molecular formula is C25H26N6O3. The number of nitrogens with two attached hydrogens (primary N) is 1. The first-order valence-corrected chi connectivity index (χ1v) is 11.2. The van der Waals surface area contributed by atoms with Gasteiger partial charge in [-0.05, 0) is 42.7 Å². The van der Waals surface area contributed by atoms with Gasteiger partial charge in [-0.25, -0.2) is 4.98 Å². The lowest BCUT2D eigenvalue weighted by Gasteiger charge is -2.16. The van der Waals surface area contributed by atoms with E-state index in [0.717, 1.165) is 35.7 Å². The number of aromatic nitrogens is 4. The van der Waals surface area contributed by atoms with Crippen LogP contribution in [-0.2, 0) is 4.79 Å². The van der Waals surface area contributed by atoms with E-state index in [-0.39, 0.29) is 11.9 Å². The van der Waals surface area contributed by atoms with Crippen molar-refractivity contribution >= 4 is 22.6 Å². The number of carbonyl (C=O) groups is 1. The van der Waals surface area contributed by atoms with Gasteiger partial charge in [0.15, 0.2) is 0 Å². The minimum absolute atomic E-state index is 0.0300. The number of fused-ring (bicyclic) bond motifs is 1. The van der Waals surface area contributed by atoms with Crippen LogP contribution in [0, 0.1) is 11.8 Å². The van der Waals surface area contributed by atoms with Crippen molar-refractivity contribution in [2.75, 3.05) is 33.0 Å². The molecule has 1 saturated heterocycles. The smallest absolute Gasteiger partial charge is 0.246 e. The number of pyridine rings is 2. The van der Waals surface area contributed by atoms with Crippen molar-refractivity contribution in [1.29, 1.82) is 0 Å². The minimum atomic E-state index is -0.0665. The maximum Gasteiger partial charge on any atom is 0.246 e. The Morgan fingerprint density at radius 1 is 1.21 bits per heavy atom. The second-order valence-corrected chi connectivity index (χ2v) is 8.51. The molecule has 9 heteroatoms. The van der Waals surface area contributed by atoms with E-state index in [9.17, 15) is 4.79 Å². The Bertz CT molecular complexity index is 1330. The summed E-state index contributed by atoms with van der Waals surface area (Å²) in [5, 5.41) is 5.67. The first kappa shape index (κ1) is 21.8. The van der Waals surface area contributed by atoms with E-state index in [1.165, 1.54) is 6.08 Å². The molecule has 4 heterocycles. The summed E-state index contributed by atoms with van der Waals surface area (Å²) in [4.78, 5) is 22.6. The molecule has 1 atom stereocenters. The monoisotopic (exact) mass is 458 g/mol. The Morgan fingerprint density at radius 3 is 2.59 bits per heavy atom. The standard InChI is InChI=1S/C25H26N6O3/c1-4-22(32)30-10-9-17(14-30)31-24-18(16-6-7-16)13-27-25(26)23(24)19(29-31)8-5-15-11-20(33-2)28-21(12-15)34-3/h4,11-13,16-17H,1,6-7,9-10,14H2,2-3H3,(H2,26,27). The number of carbonyl (C=O) groups excluding carboxylic acids is 1. The molecule has 2 fully saturated rings. The van der Waals surface area contributed by atoms with Crippen molar-refractivity contribution in [2.45, 2.75) is 31.2 Å². The fraction of sp³-hybridized carbons (Fsp3) is 0.360. The van der Waals surface area contributed by atoms with E-state index in [0.29, 0.717) is 47.8 Å². The lowest BCUT2D eigenvalue weighted by Crippen LogP contribution is -2.27. The average Bonchev–Trinajstić information content (AvgIpc) is 3.45. The average molecular weight is 459 g/mol. The highest BCUT2D eigenvalue weighted by Crippen LogP contribution is 2.45. The van der Waals surface area contributed by atoms with Gasteiger partial charge in [-0.2, -0.15) is 10.1 Å². The van der Waals surface area contributed by atoms with E-state index in [1.54, 1.807) is 31.3 Å². The van der Waals surface area contributed by atoms with Crippen molar-refractivity contribution in [3.8, 4) is 23.6 Å². The molecule has 9 nitrogen and oxygen atoms in total.